The van der Waals surface area contributed by atoms with Crippen molar-refractivity contribution in [3.05, 3.63) is 0 Å². The maximum absolute atomic E-state index is 11.9. The molecule has 4 N–H and O–H groups in total. The van der Waals surface area contributed by atoms with E-state index >= 15 is 0 Å². The molecule has 96 valence electrons. The molecule has 1 heterocycles. The van der Waals surface area contributed by atoms with Crippen LogP contribution in [-0.4, -0.2) is 60.4 Å². The third-order valence-electron chi connectivity index (χ3n) is 3.49. The van der Waals surface area contributed by atoms with Gasteiger partial charge >= 0.3 is 6.03 Å². The van der Waals surface area contributed by atoms with Gasteiger partial charge in [-0.1, -0.05) is 0 Å². The molecule has 2 rings (SSSR count). The lowest BCUT2D eigenvalue weighted by Crippen LogP contribution is -2.55. The first kappa shape index (κ1) is 12.2. The van der Waals surface area contributed by atoms with Crippen LogP contribution in [0.1, 0.15) is 19.3 Å². The molecule has 6 nitrogen and oxygen atoms in total. The molecular formula is C11H21N5O. The number of urea groups is 1. The molecule has 0 aromatic carbocycles. The molecule has 1 aliphatic heterocycles. The molecule has 0 spiro atoms. The number of amides is 2. The van der Waals surface area contributed by atoms with Crippen LogP contribution in [0.3, 0.4) is 0 Å². The van der Waals surface area contributed by atoms with Gasteiger partial charge in [-0.05, 0) is 19.3 Å². The molecule has 0 aromatic heterocycles. The molecule has 0 unspecified atom stereocenters. The number of rotatable bonds is 3. The molecule has 0 radical (unpaired) electrons. The topological polar surface area (TPSA) is 85.5 Å². The van der Waals surface area contributed by atoms with Crippen LogP contribution in [-0.2, 0) is 0 Å². The number of hydrogen-bond acceptors (Lipinski definition) is 3. The van der Waals surface area contributed by atoms with Crippen molar-refractivity contribution in [1.29, 1.82) is 5.41 Å². The van der Waals surface area contributed by atoms with E-state index < -0.39 is 0 Å². The Labute approximate surface area is 102 Å². The summed E-state index contributed by atoms with van der Waals surface area (Å²) in [5, 5.41) is 10.3. The average molecular weight is 239 g/mol. The monoisotopic (exact) mass is 239 g/mol. The van der Waals surface area contributed by atoms with Gasteiger partial charge in [-0.25, -0.2) is 4.79 Å². The summed E-state index contributed by atoms with van der Waals surface area (Å²) >= 11 is 0. The number of nitrogens with two attached hydrogens (primary N) is 1. The highest BCUT2D eigenvalue weighted by atomic mass is 16.2. The Morgan fingerprint density at radius 2 is 1.94 bits per heavy atom. The van der Waals surface area contributed by atoms with Crippen molar-refractivity contribution >= 4 is 11.9 Å². The summed E-state index contributed by atoms with van der Waals surface area (Å²) < 4.78 is 0. The summed E-state index contributed by atoms with van der Waals surface area (Å²) in [6, 6.07) is 0.468. The Morgan fingerprint density at radius 3 is 2.41 bits per heavy atom. The van der Waals surface area contributed by atoms with Crippen LogP contribution in [0.5, 0.6) is 0 Å². The van der Waals surface area contributed by atoms with Gasteiger partial charge in [0.25, 0.3) is 0 Å². The van der Waals surface area contributed by atoms with Gasteiger partial charge in [0.05, 0.1) is 6.54 Å². The lowest BCUT2D eigenvalue weighted by molar-refractivity contribution is 0.142. The molecule has 0 aromatic rings. The van der Waals surface area contributed by atoms with E-state index in [1.54, 1.807) is 0 Å². The second-order valence-electron chi connectivity index (χ2n) is 4.87. The molecule has 17 heavy (non-hydrogen) atoms. The van der Waals surface area contributed by atoms with Crippen LogP contribution >= 0.6 is 0 Å². The smallest absolute Gasteiger partial charge is 0.317 e. The van der Waals surface area contributed by atoms with Gasteiger partial charge in [0.1, 0.15) is 5.84 Å². The van der Waals surface area contributed by atoms with E-state index in [1.807, 2.05) is 4.90 Å². The first-order valence-electron chi connectivity index (χ1n) is 6.26. The van der Waals surface area contributed by atoms with E-state index in [2.05, 4.69) is 10.2 Å². The molecule has 6 heteroatoms. The number of hydrogen-bond donors (Lipinski definition) is 3. The lowest BCUT2D eigenvalue weighted by atomic mass is 9.93. The molecule has 1 aliphatic carbocycles. The van der Waals surface area contributed by atoms with Crippen LogP contribution in [0.2, 0.25) is 0 Å². The summed E-state index contributed by atoms with van der Waals surface area (Å²) in [4.78, 5) is 15.8. The zero-order valence-electron chi connectivity index (χ0n) is 10.1. The summed E-state index contributed by atoms with van der Waals surface area (Å²) in [6.45, 7) is 3.57. The molecule has 0 atom stereocenters. The Balaban J connectivity index is 1.70. The van der Waals surface area contributed by atoms with Crippen molar-refractivity contribution in [1.82, 2.24) is 15.1 Å². The van der Waals surface area contributed by atoms with Gasteiger partial charge in [-0.3, -0.25) is 10.3 Å². The minimum absolute atomic E-state index is 0.0668. The number of nitrogens with one attached hydrogen (secondary N) is 2. The maximum Gasteiger partial charge on any atom is 0.317 e. The number of piperazine rings is 1. The fourth-order valence-electron chi connectivity index (χ4n) is 2.17. The predicted molar refractivity (Wildman–Crippen MR) is 66.1 cm³/mol. The molecule has 0 bridgehead atoms. The van der Waals surface area contributed by atoms with E-state index in [0.717, 1.165) is 39.0 Å². The minimum Gasteiger partial charge on any atom is -0.387 e. The number of nitrogens with zero attached hydrogens (tertiary/aromatic N) is 2. The number of amidine groups is 1. The minimum atomic E-state index is 0.0668. The predicted octanol–water partition coefficient (Wildman–Crippen LogP) is -0.198. The van der Waals surface area contributed by atoms with Crippen molar-refractivity contribution in [3.8, 4) is 0 Å². The van der Waals surface area contributed by atoms with Crippen molar-refractivity contribution in [2.24, 2.45) is 5.73 Å². The molecule has 2 aliphatic rings. The highest BCUT2D eigenvalue weighted by Gasteiger charge is 2.25. The van der Waals surface area contributed by atoms with Gasteiger partial charge in [0.2, 0.25) is 0 Å². The third-order valence-corrected chi connectivity index (χ3v) is 3.49. The third kappa shape index (κ3) is 3.33. The van der Waals surface area contributed by atoms with Crippen LogP contribution in [0.15, 0.2) is 0 Å². The summed E-state index contributed by atoms with van der Waals surface area (Å²) in [7, 11) is 0. The van der Waals surface area contributed by atoms with Crippen LogP contribution in [0.4, 0.5) is 4.79 Å². The second-order valence-corrected chi connectivity index (χ2v) is 4.87. The van der Waals surface area contributed by atoms with Crippen molar-refractivity contribution in [3.63, 3.8) is 0 Å². The van der Waals surface area contributed by atoms with Gasteiger partial charge in [0.15, 0.2) is 0 Å². The Bertz CT molecular complexity index is 294. The van der Waals surface area contributed by atoms with E-state index in [-0.39, 0.29) is 11.9 Å². The molecule has 2 amide bonds. The van der Waals surface area contributed by atoms with Crippen LogP contribution < -0.4 is 11.1 Å². The molecule has 1 saturated heterocycles. The molecule has 1 saturated carbocycles. The Morgan fingerprint density at radius 1 is 1.29 bits per heavy atom. The van der Waals surface area contributed by atoms with E-state index in [4.69, 9.17) is 11.1 Å². The summed E-state index contributed by atoms with van der Waals surface area (Å²) in [6.07, 6.45) is 3.48. The summed E-state index contributed by atoms with van der Waals surface area (Å²) in [5.41, 5.74) is 5.36. The highest BCUT2D eigenvalue weighted by Crippen LogP contribution is 2.18. The average Bonchev–Trinajstić information content (AvgIpc) is 2.23. The quantitative estimate of drug-likeness (QED) is 0.471. The second kappa shape index (κ2) is 5.35. The number of carbonyl (C=O) groups excluding carboxylic acids is 1. The zero-order valence-corrected chi connectivity index (χ0v) is 10.1. The fraction of sp³-hybridized carbons (Fsp3) is 0.818. The Kier molecular flexibility index (Phi) is 3.83. The molecular weight excluding hydrogens is 218 g/mol. The van der Waals surface area contributed by atoms with E-state index in [0.29, 0.717) is 12.6 Å². The maximum atomic E-state index is 11.9. The SMILES string of the molecule is N=C(N)CN1CCN(C(=O)NC2CCC2)CC1. The van der Waals surface area contributed by atoms with Crippen molar-refractivity contribution in [2.45, 2.75) is 25.3 Å². The van der Waals surface area contributed by atoms with E-state index in [9.17, 15) is 4.79 Å². The van der Waals surface area contributed by atoms with Gasteiger partial charge < -0.3 is 16.0 Å². The van der Waals surface area contributed by atoms with Gasteiger partial charge in [-0.15, -0.1) is 0 Å². The van der Waals surface area contributed by atoms with E-state index in [1.165, 1.54) is 6.42 Å². The largest absolute Gasteiger partial charge is 0.387 e. The van der Waals surface area contributed by atoms with Crippen molar-refractivity contribution in [2.75, 3.05) is 32.7 Å². The Hall–Kier alpha value is -1.30. The first-order chi connectivity index (χ1) is 8.15. The zero-order chi connectivity index (χ0) is 12.3. The normalized spacial score (nSPS) is 22.0. The van der Waals surface area contributed by atoms with Crippen LogP contribution in [0, 0.1) is 5.41 Å². The molecule has 2 fully saturated rings. The summed E-state index contributed by atoms with van der Waals surface area (Å²) in [5.74, 6) is 0.192. The fourth-order valence-corrected chi connectivity index (χ4v) is 2.17. The standard InChI is InChI=1S/C11H21N5O/c12-10(13)8-15-4-6-16(7-5-15)11(17)14-9-2-1-3-9/h9H,1-8H2,(H3,12,13)(H,14,17). The first-order valence-corrected chi connectivity index (χ1v) is 6.26. The number of carbonyl (C=O) groups is 1. The highest BCUT2D eigenvalue weighted by molar-refractivity contribution is 5.79. The van der Waals surface area contributed by atoms with Gasteiger partial charge in [0, 0.05) is 32.2 Å². The van der Waals surface area contributed by atoms with Crippen molar-refractivity contribution < 1.29 is 4.79 Å². The lowest BCUT2D eigenvalue weighted by Gasteiger charge is -2.36. The van der Waals surface area contributed by atoms with Gasteiger partial charge in [-0.2, -0.15) is 0 Å². The van der Waals surface area contributed by atoms with Crippen LogP contribution in [0.25, 0.3) is 0 Å².